The molecule has 21 heavy (non-hydrogen) atoms. The summed E-state index contributed by atoms with van der Waals surface area (Å²) in [7, 11) is 0. The van der Waals surface area contributed by atoms with Gasteiger partial charge in [0.25, 0.3) is 5.91 Å². The van der Waals surface area contributed by atoms with E-state index >= 15 is 0 Å². The van der Waals surface area contributed by atoms with E-state index in [9.17, 15) is 18.0 Å². The van der Waals surface area contributed by atoms with Crippen molar-refractivity contribution in [1.82, 2.24) is 4.98 Å². The van der Waals surface area contributed by atoms with E-state index < -0.39 is 17.6 Å². The number of hydrogen-bond acceptors (Lipinski definition) is 4. The maximum Gasteiger partial charge on any atom is 0.416 e. The quantitative estimate of drug-likeness (QED) is 0.832. The Hall–Kier alpha value is -2.09. The van der Waals surface area contributed by atoms with Crippen LogP contribution in [0, 0.1) is 13.8 Å². The lowest BCUT2D eigenvalue weighted by atomic mass is 10.1. The number of nitrogens with one attached hydrogen (secondary N) is 1. The van der Waals surface area contributed by atoms with Gasteiger partial charge in [0.1, 0.15) is 0 Å². The molecule has 2 rings (SSSR count). The summed E-state index contributed by atoms with van der Waals surface area (Å²) in [5.41, 5.74) is 5.16. The molecule has 0 spiro atoms. The largest absolute Gasteiger partial charge is 0.416 e. The zero-order valence-corrected chi connectivity index (χ0v) is 12.0. The zero-order chi connectivity index (χ0) is 15.8. The van der Waals surface area contributed by atoms with E-state index in [1.807, 2.05) is 6.92 Å². The second-order valence-electron chi connectivity index (χ2n) is 4.41. The average molecular weight is 315 g/mol. The Morgan fingerprint density at radius 2 is 2.00 bits per heavy atom. The standard InChI is InChI=1S/C13H12F3N3OS/c1-6-7(2)21-12(18-6)19-11(20)9-5-8(13(14,15)16)3-4-10(9)17/h3-5H,17H2,1-2H3,(H,18,19,20). The number of aromatic nitrogens is 1. The molecule has 1 aromatic carbocycles. The van der Waals surface area contributed by atoms with Crippen LogP contribution in [0.1, 0.15) is 26.5 Å². The number of rotatable bonds is 2. The van der Waals surface area contributed by atoms with Gasteiger partial charge in [0, 0.05) is 10.6 Å². The van der Waals surface area contributed by atoms with Crippen molar-refractivity contribution in [3.63, 3.8) is 0 Å². The van der Waals surface area contributed by atoms with Gasteiger partial charge in [0.05, 0.1) is 16.8 Å². The highest BCUT2D eigenvalue weighted by Gasteiger charge is 2.31. The summed E-state index contributed by atoms with van der Waals surface area (Å²) in [4.78, 5) is 17.1. The number of halogens is 3. The molecule has 1 aromatic heterocycles. The number of benzene rings is 1. The summed E-state index contributed by atoms with van der Waals surface area (Å²) in [6.07, 6.45) is -4.53. The second-order valence-corrected chi connectivity index (χ2v) is 5.62. The molecule has 0 aliphatic rings. The summed E-state index contributed by atoms with van der Waals surface area (Å²) in [5.74, 6) is -0.715. The number of alkyl halides is 3. The Kier molecular flexibility index (Phi) is 3.91. The number of carbonyl (C=O) groups excluding carboxylic acids is 1. The van der Waals surface area contributed by atoms with Gasteiger partial charge in [0.2, 0.25) is 0 Å². The van der Waals surface area contributed by atoms with Crippen LogP contribution in [-0.4, -0.2) is 10.9 Å². The van der Waals surface area contributed by atoms with Gasteiger partial charge in [-0.25, -0.2) is 4.98 Å². The Balaban J connectivity index is 2.30. The smallest absolute Gasteiger partial charge is 0.398 e. The van der Waals surface area contributed by atoms with Gasteiger partial charge in [-0.2, -0.15) is 13.2 Å². The van der Waals surface area contributed by atoms with Gasteiger partial charge in [-0.05, 0) is 32.0 Å². The molecule has 0 radical (unpaired) electrons. The number of nitrogens with zero attached hydrogens (tertiary/aromatic N) is 1. The molecule has 0 fully saturated rings. The number of anilines is 2. The van der Waals surface area contributed by atoms with Gasteiger partial charge in [-0.3, -0.25) is 10.1 Å². The van der Waals surface area contributed by atoms with Gasteiger partial charge in [-0.15, -0.1) is 11.3 Å². The normalized spacial score (nSPS) is 11.5. The molecule has 1 amide bonds. The van der Waals surface area contributed by atoms with Gasteiger partial charge >= 0.3 is 6.18 Å². The van der Waals surface area contributed by atoms with Crippen LogP contribution in [0.2, 0.25) is 0 Å². The molecule has 0 bridgehead atoms. The van der Waals surface area contributed by atoms with Crippen molar-refractivity contribution >= 4 is 28.1 Å². The number of aryl methyl sites for hydroxylation is 2. The van der Waals surface area contributed by atoms with Gasteiger partial charge in [-0.1, -0.05) is 0 Å². The molecule has 112 valence electrons. The van der Waals surface area contributed by atoms with Crippen LogP contribution in [0.4, 0.5) is 24.0 Å². The van der Waals surface area contributed by atoms with Crippen LogP contribution in [0.3, 0.4) is 0 Å². The minimum Gasteiger partial charge on any atom is -0.398 e. The first-order chi connectivity index (χ1) is 9.68. The predicted octanol–water partition coefficient (Wildman–Crippen LogP) is 3.61. The fourth-order valence-electron chi connectivity index (χ4n) is 1.62. The van der Waals surface area contributed by atoms with E-state index in [-0.39, 0.29) is 11.3 Å². The summed E-state index contributed by atoms with van der Waals surface area (Å²) in [6.45, 7) is 3.61. The lowest BCUT2D eigenvalue weighted by Gasteiger charge is -2.10. The highest BCUT2D eigenvalue weighted by Crippen LogP contribution is 2.31. The summed E-state index contributed by atoms with van der Waals surface area (Å²) < 4.78 is 38.0. The minimum absolute atomic E-state index is 0.0227. The van der Waals surface area contributed by atoms with Crippen molar-refractivity contribution < 1.29 is 18.0 Å². The van der Waals surface area contributed by atoms with Crippen LogP contribution in [0.25, 0.3) is 0 Å². The number of amides is 1. The number of nitrogen functional groups attached to an aromatic ring is 1. The Morgan fingerprint density at radius 1 is 1.33 bits per heavy atom. The molecule has 3 N–H and O–H groups in total. The Labute approximate surface area is 122 Å². The molecular formula is C13H12F3N3OS. The van der Waals surface area contributed by atoms with Crippen LogP contribution >= 0.6 is 11.3 Å². The van der Waals surface area contributed by atoms with Crippen molar-refractivity contribution in [3.05, 3.63) is 39.9 Å². The lowest BCUT2D eigenvalue weighted by molar-refractivity contribution is -0.137. The zero-order valence-electron chi connectivity index (χ0n) is 11.2. The Bertz CT molecular complexity index is 675. The van der Waals surface area contributed by atoms with Crippen LogP contribution in [-0.2, 0) is 6.18 Å². The topological polar surface area (TPSA) is 68.0 Å². The maximum absolute atomic E-state index is 12.7. The fraction of sp³-hybridized carbons (Fsp3) is 0.231. The van der Waals surface area contributed by atoms with Crippen LogP contribution in [0.5, 0.6) is 0 Å². The number of nitrogens with two attached hydrogens (primary N) is 1. The van der Waals surface area contributed by atoms with Crippen LogP contribution in [0.15, 0.2) is 18.2 Å². The Morgan fingerprint density at radius 3 is 2.52 bits per heavy atom. The highest BCUT2D eigenvalue weighted by molar-refractivity contribution is 7.15. The third-order valence-electron chi connectivity index (χ3n) is 2.87. The van der Waals surface area contributed by atoms with E-state index in [0.29, 0.717) is 5.13 Å². The summed E-state index contributed by atoms with van der Waals surface area (Å²) in [5, 5.41) is 2.79. The summed E-state index contributed by atoms with van der Waals surface area (Å²) in [6, 6.07) is 2.64. The van der Waals surface area contributed by atoms with E-state index in [4.69, 9.17) is 5.73 Å². The van der Waals surface area contributed by atoms with E-state index in [0.717, 1.165) is 28.8 Å². The van der Waals surface area contributed by atoms with Crippen molar-refractivity contribution in [2.45, 2.75) is 20.0 Å². The molecule has 4 nitrogen and oxygen atoms in total. The SMILES string of the molecule is Cc1nc(NC(=O)c2cc(C(F)(F)F)ccc2N)sc1C. The predicted molar refractivity (Wildman–Crippen MR) is 75.4 cm³/mol. The molecule has 8 heteroatoms. The molecule has 0 saturated carbocycles. The second kappa shape index (κ2) is 5.36. The van der Waals surface area contributed by atoms with Crippen molar-refractivity contribution in [2.24, 2.45) is 0 Å². The molecule has 1 heterocycles. The van der Waals surface area contributed by atoms with Gasteiger partial charge < -0.3 is 5.73 Å². The maximum atomic E-state index is 12.7. The van der Waals surface area contributed by atoms with E-state index in [1.165, 1.54) is 11.3 Å². The minimum atomic E-state index is -4.53. The fourth-order valence-corrected chi connectivity index (χ4v) is 2.43. The van der Waals surface area contributed by atoms with Crippen molar-refractivity contribution in [3.8, 4) is 0 Å². The third-order valence-corrected chi connectivity index (χ3v) is 3.86. The van der Waals surface area contributed by atoms with Crippen LogP contribution < -0.4 is 11.1 Å². The first-order valence-electron chi connectivity index (χ1n) is 5.90. The van der Waals surface area contributed by atoms with Crippen molar-refractivity contribution in [1.29, 1.82) is 0 Å². The molecule has 2 aromatic rings. The monoisotopic (exact) mass is 315 g/mol. The number of thiazole rings is 1. The first-order valence-corrected chi connectivity index (χ1v) is 6.72. The molecule has 0 aliphatic carbocycles. The third kappa shape index (κ3) is 3.33. The molecule has 0 unspecified atom stereocenters. The van der Waals surface area contributed by atoms with E-state index in [2.05, 4.69) is 10.3 Å². The van der Waals surface area contributed by atoms with Gasteiger partial charge in [0.15, 0.2) is 5.13 Å². The first kappa shape index (κ1) is 15.3. The van der Waals surface area contributed by atoms with E-state index in [1.54, 1.807) is 6.92 Å². The molecular weight excluding hydrogens is 303 g/mol. The molecule has 0 saturated heterocycles. The van der Waals surface area contributed by atoms with Crippen molar-refractivity contribution in [2.75, 3.05) is 11.1 Å². The highest BCUT2D eigenvalue weighted by atomic mass is 32.1. The average Bonchev–Trinajstić information content (AvgIpc) is 2.67. The number of carbonyl (C=O) groups is 1. The number of hydrogen-bond donors (Lipinski definition) is 2. The molecule has 0 atom stereocenters. The molecule has 0 aliphatic heterocycles. The lowest BCUT2D eigenvalue weighted by Crippen LogP contribution is -2.16. The summed E-state index contributed by atoms with van der Waals surface area (Å²) >= 11 is 1.25.